The van der Waals surface area contributed by atoms with Gasteiger partial charge in [-0.1, -0.05) is 71.8 Å². The van der Waals surface area contributed by atoms with E-state index in [1.165, 1.54) is 0 Å². The van der Waals surface area contributed by atoms with E-state index in [0.29, 0.717) is 0 Å². The third-order valence-electron chi connectivity index (χ3n) is 2.92. The van der Waals surface area contributed by atoms with E-state index in [2.05, 4.69) is 4.72 Å². The molecule has 0 heterocycles. The molecule has 0 spiro atoms. The summed E-state index contributed by atoms with van der Waals surface area (Å²) in [6.07, 6.45) is 1.06. The van der Waals surface area contributed by atoms with Gasteiger partial charge in [0.2, 0.25) is 0 Å². The summed E-state index contributed by atoms with van der Waals surface area (Å²) < 4.78 is 26.8. The molecule has 0 saturated heterocycles. The molecule has 2 atom stereocenters. The molecule has 2 aromatic rings. The molecule has 126 valence electrons. The van der Waals surface area contributed by atoms with Gasteiger partial charge in [0.25, 0.3) is 0 Å². The van der Waals surface area contributed by atoms with Gasteiger partial charge < -0.3 is 25.3 Å². The van der Waals surface area contributed by atoms with Gasteiger partial charge in [-0.3, -0.25) is 0 Å². The zero-order valence-electron chi connectivity index (χ0n) is 13.5. The van der Waals surface area contributed by atoms with Crippen LogP contribution in [0.4, 0.5) is 0 Å². The average molecular weight is 420 g/mol. The summed E-state index contributed by atoms with van der Waals surface area (Å²) in [6.45, 7) is 0. The van der Waals surface area contributed by atoms with Gasteiger partial charge in [-0.2, -0.15) is 0 Å². The second-order valence-corrected chi connectivity index (χ2v) is 6.26. The summed E-state index contributed by atoms with van der Waals surface area (Å²) >= 11 is 0. The minimum absolute atomic E-state index is 0. The van der Waals surface area contributed by atoms with Crippen molar-refractivity contribution in [3.8, 4) is 0 Å². The first-order chi connectivity index (χ1) is 9.47. The fraction of sp³-hybridized carbons (Fsp3) is 0.176. The fourth-order valence-electron chi connectivity index (χ4n) is 2.01. The van der Waals surface area contributed by atoms with Gasteiger partial charge in [0, 0.05) is 6.26 Å². The van der Waals surface area contributed by atoms with Crippen molar-refractivity contribution in [3.05, 3.63) is 97.1 Å². The number of benzene rings is 2. The summed E-state index contributed by atoms with van der Waals surface area (Å²) in [5.74, 6) is 0. The Hall–Kier alpha value is -1.07. The van der Waals surface area contributed by atoms with Crippen molar-refractivity contribution in [2.45, 2.75) is 12.1 Å². The Balaban J connectivity index is 0. The molecule has 0 aliphatic rings. The first-order valence-electron chi connectivity index (χ1n) is 6.20. The number of hydrogen-bond donors (Lipinski definition) is 0. The van der Waals surface area contributed by atoms with Crippen LogP contribution in [0.15, 0.2) is 60.7 Å². The van der Waals surface area contributed by atoms with Crippen LogP contribution < -0.4 is 0 Å². The van der Waals surface area contributed by atoms with Gasteiger partial charge in [0.15, 0.2) is 0 Å². The van der Waals surface area contributed by atoms with Gasteiger partial charge >= 0.3 is 19.5 Å². The minimum Gasteiger partial charge on any atom is -0.672 e. The van der Waals surface area contributed by atoms with Crippen LogP contribution in [-0.2, 0) is 29.5 Å². The van der Waals surface area contributed by atoms with Crippen LogP contribution in [0.1, 0.15) is 23.2 Å². The molecule has 0 aliphatic carbocycles. The van der Waals surface area contributed by atoms with Gasteiger partial charge in [-0.25, -0.2) is 8.42 Å². The van der Waals surface area contributed by atoms with Crippen molar-refractivity contribution < 1.29 is 27.9 Å². The second-order valence-electron chi connectivity index (χ2n) is 4.58. The molecule has 2 aromatic carbocycles. The van der Waals surface area contributed by atoms with Crippen LogP contribution in [0.25, 0.3) is 10.5 Å². The van der Waals surface area contributed by atoms with Crippen LogP contribution in [0.3, 0.4) is 0 Å². The van der Waals surface area contributed by atoms with Crippen molar-refractivity contribution in [1.29, 1.82) is 0 Å². The number of rotatable bonds is 5. The predicted octanol–water partition coefficient (Wildman–Crippen LogP) is 4.75. The molecule has 4 nitrogen and oxygen atoms in total. The topological polar surface area (TPSA) is 72.0 Å². The van der Waals surface area contributed by atoms with Crippen LogP contribution in [0, 0.1) is 14.9 Å². The Kier molecular flexibility index (Phi) is 11.2. The number of nitrogens with zero attached hydrogens (tertiary/aromatic N) is 1. The number of sulfonamides is 1. The molecule has 23 heavy (non-hydrogen) atoms. The van der Waals surface area contributed by atoms with E-state index >= 15 is 0 Å². The fourth-order valence-corrected chi connectivity index (χ4v) is 2.67. The molecule has 0 radical (unpaired) electrons. The Morgan fingerprint density at radius 2 is 1.26 bits per heavy atom. The largest absolute Gasteiger partial charge is 4.00 e. The molecule has 0 aromatic heterocycles. The van der Waals surface area contributed by atoms with E-state index in [1.54, 1.807) is 12.1 Å². The van der Waals surface area contributed by atoms with E-state index in [9.17, 15) is 8.42 Å². The minimum atomic E-state index is -3.52. The van der Waals surface area contributed by atoms with Gasteiger partial charge in [0.05, 0.1) is 10.0 Å². The van der Waals surface area contributed by atoms with Gasteiger partial charge in [-0.05, 0) is 0 Å². The molecule has 0 aliphatic heterocycles. The van der Waals surface area contributed by atoms with E-state index in [4.69, 9.17) is 5.73 Å². The molecule has 0 unspecified atom stereocenters. The van der Waals surface area contributed by atoms with Crippen molar-refractivity contribution >= 4 is 10.0 Å². The van der Waals surface area contributed by atoms with E-state index in [-0.39, 0.29) is 34.3 Å². The summed E-state index contributed by atoms with van der Waals surface area (Å²) in [6, 6.07) is 16.7. The summed E-state index contributed by atoms with van der Waals surface area (Å²) in [4.78, 5) is 0. The Morgan fingerprint density at radius 3 is 1.65 bits per heavy atom. The third-order valence-corrected chi connectivity index (χ3v) is 3.53. The second kappa shape index (κ2) is 10.7. The molecular formula is C17H22N2O2RuS. The first kappa shape index (κ1) is 24.2. The summed E-state index contributed by atoms with van der Waals surface area (Å²) in [7, 11) is -3.52. The van der Waals surface area contributed by atoms with Gasteiger partial charge in [-0.15, -0.1) is 12.1 Å². The van der Waals surface area contributed by atoms with Crippen LogP contribution >= 0.6 is 0 Å². The maximum absolute atomic E-state index is 11.5. The van der Waals surface area contributed by atoms with E-state index in [0.717, 1.165) is 17.4 Å². The van der Waals surface area contributed by atoms with Crippen LogP contribution in [0.5, 0.6) is 0 Å². The molecule has 0 bridgehead atoms. The predicted molar refractivity (Wildman–Crippen MR) is 93.7 cm³/mol. The molecule has 0 fully saturated rings. The SMILES string of the molecule is CS(=O)(=O)[N-][C@@H](c1ccccc1)[C@@H]([NH-])c1ccccc1.[CH3-].[CH3-].[Ru+4]. The summed E-state index contributed by atoms with van der Waals surface area (Å²) in [5, 5.41) is 0. The molecular weight excluding hydrogens is 397 g/mol. The summed E-state index contributed by atoms with van der Waals surface area (Å²) in [5.41, 5.74) is 9.80. The maximum atomic E-state index is 11.5. The Morgan fingerprint density at radius 1 is 0.870 bits per heavy atom. The molecule has 0 saturated carbocycles. The Labute approximate surface area is 153 Å². The van der Waals surface area contributed by atoms with Gasteiger partial charge in [0.1, 0.15) is 0 Å². The van der Waals surface area contributed by atoms with Crippen molar-refractivity contribution in [1.82, 2.24) is 0 Å². The average Bonchev–Trinajstić information content (AvgIpc) is 2.45. The first-order valence-corrected chi connectivity index (χ1v) is 8.05. The zero-order valence-corrected chi connectivity index (χ0v) is 16.0. The van der Waals surface area contributed by atoms with Crippen LogP contribution in [0.2, 0.25) is 0 Å². The molecule has 0 amide bonds. The molecule has 1 N–H and O–H groups in total. The quantitative estimate of drug-likeness (QED) is 0.518. The number of hydrogen-bond acceptors (Lipinski definition) is 2. The molecule has 2 rings (SSSR count). The third kappa shape index (κ3) is 7.36. The molecule has 6 heteroatoms. The van der Waals surface area contributed by atoms with Crippen molar-refractivity contribution in [2.75, 3.05) is 6.26 Å². The Bertz CT molecular complexity index is 649. The number of nitrogens with one attached hydrogen (secondary N) is 1. The van der Waals surface area contributed by atoms with E-state index in [1.807, 2.05) is 48.5 Å². The zero-order chi connectivity index (χ0) is 14.6. The van der Waals surface area contributed by atoms with E-state index < -0.39 is 22.1 Å². The van der Waals surface area contributed by atoms with Crippen LogP contribution in [-0.4, -0.2) is 14.7 Å². The maximum Gasteiger partial charge on any atom is 4.00 e. The normalized spacial score (nSPS) is 12.8. The monoisotopic (exact) mass is 420 g/mol. The standard InChI is InChI=1S/C15H16N2O2S.2CH3.Ru/c1-20(18,19)17-15(13-10-6-3-7-11-13)14(16)12-8-4-2-5-9-12;;;/h2-11,14-16H,1H3;2*1H3;/q-2;2*-1;+4/t14-,15-;;;/m0.../s1. The van der Waals surface area contributed by atoms with Crippen molar-refractivity contribution in [3.63, 3.8) is 0 Å². The smallest absolute Gasteiger partial charge is 0.672 e. The van der Waals surface area contributed by atoms with Crippen molar-refractivity contribution in [2.24, 2.45) is 0 Å².